The number of allylic oxidation sites excluding steroid dienone is 1. The maximum Gasteiger partial charge on any atom is 0.213 e. The Labute approximate surface area is 116 Å². The normalized spacial score (nSPS) is 11.0. The summed E-state index contributed by atoms with van der Waals surface area (Å²) in [6.45, 7) is 0. The predicted molar refractivity (Wildman–Crippen MR) is 72.3 cm³/mol. The summed E-state index contributed by atoms with van der Waals surface area (Å²) >= 11 is 4.62. The van der Waals surface area contributed by atoms with E-state index in [1.807, 2.05) is 12.1 Å². The second-order valence-corrected chi connectivity index (χ2v) is 5.17. The van der Waals surface area contributed by atoms with Gasteiger partial charge in [-0.15, -0.1) is 5.10 Å². The van der Waals surface area contributed by atoms with Gasteiger partial charge in [0.15, 0.2) is 5.78 Å². The molecule has 0 N–H and O–H groups in total. The van der Waals surface area contributed by atoms with Crippen LogP contribution in [0.25, 0.3) is 0 Å². The number of thioether (sulfide) groups is 1. The third-order valence-electron chi connectivity index (χ3n) is 2.10. The van der Waals surface area contributed by atoms with Crippen LogP contribution in [0.1, 0.15) is 10.4 Å². The van der Waals surface area contributed by atoms with Gasteiger partial charge in [0, 0.05) is 17.1 Å². The SMILES string of the molecule is Cn1nnnc1SC=CC(=O)c1ccc(Br)cc1. The third kappa shape index (κ3) is 3.27. The van der Waals surface area contributed by atoms with Crippen LogP contribution in [0.2, 0.25) is 0 Å². The highest BCUT2D eigenvalue weighted by molar-refractivity contribution is 9.10. The Morgan fingerprint density at radius 2 is 2.11 bits per heavy atom. The van der Waals surface area contributed by atoms with Gasteiger partial charge in [-0.1, -0.05) is 27.7 Å². The molecule has 0 aliphatic rings. The molecule has 0 unspecified atom stereocenters. The van der Waals surface area contributed by atoms with Gasteiger partial charge in [-0.3, -0.25) is 4.79 Å². The fraction of sp³-hybridized carbons (Fsp3) is 0.0909. The molecule has 92 valence electrons. The molecular formula is C11H9BrN4OS. The van der Waals surface area contributed by atoms with Gasteiger partial charge in [0.1, 0.15) is 0 Å². The molecule has 0 saturated carbocycles. The molecule has 0 aliphatic heterocycles. The number of tetrazole rings is 1. The summed E-state index contributed by atoms with van der Waals surface area (Å²) in [5.41, 5.74) is 0.645. The number of ketones is 1. The van der Waals surface area contributed by atoms with Crippen molar-refractivity contribution in [3.8, 4) is 0 Å². The molecular weight excluding hydrogens is 316 g/mol. The summed E-state index contributed by atoms with van der Waals surface area (Å²) in [5, 5.41) is 13.3. The number of aryl methyl sites for hydroxylation is 1. The monoisotopic (exact) mass is 324 g/mol. The summed E-state index contributed by atoms with van der Waals surface area (Å²) < 4.78 is 2.49. The average Bonchev–Trinajstić information content (AvgIpc) is 2.76. The lowest BCUT2D eigenvalue weighted by Crippen LogP contribution is -1.94. The Kier molecular flexibility index (Phi) is 4.27. The Balaban J connectivity index is 1.99. The quantitative estimate of drug-likeness (QED) is 0.491. The summed E-state index contributed by atoms with van der Waals surface area (Å²) in [6, 6.07) is 7.21. The summed E-state index contributed by atoms with van der Waals surface area (Å²) in [7, 11) is 1.74. The number of aromatic nitrogens is 4. The van der Waals surface area contributed by atoms with E-state index < -0.39 is 0 Å². The molecule has 1 heterocycles. The van der Waals surface area contributed by atoms with Crippen LogP contribution >= 0.6 is 27.7 Å². The lowest BCUT2D eigenvalue weighted by Gasteiger charge is -1.95. The van der Waals surface area contributed by atoms with Crippen LogP contribution < -0.4 is 0 Å². The maximum absolute atomic E-state index is 11.8. The van der Waals surface area contributed by atoms with Crippen molar-refractivity contribution in [2.75, 3.05) is 0 Å². The lowest BCUT2D eigenvalue weighted by molar-refractivity contribution is 0.104. The number of hydrogen-bond acceptors (Lipinski definition) is 5. The summed E-state index contributed by atoms with van der Waals surface area (Å²) in [6.07, 6.45) is 1.50. The molecule has 1 aromatic heterocycles. The minimum Gasteiger partial charge on any atom is -0.289 e. The first-order valence-electron chi connectivity index (χ1n) is 5.02. The van der Waals surface area contributed by atoms with Gasteiger partial charge in [-0.2, -0.15) is 0 Å². The number of carbonyl (C=O) groups excluding carboxylic acids is 1. The van der Waals surface area contributed by atoms with Gasteiger partial charge < -0.3 is 0 Å². The molecule has 18 heavy (non-hydrogen) atoms. The lowest BCUT2D eigenvalue weighted by atomic mass is 10.1. The molecule has 5 nitrogen and oxygen atoms in total. The Morgan fingerprint density at radius 1 is 1.39 bits per heavy atom. The summed E-state index contributed by atoms with van der Waals surface area (Å²) in [5.74, 6) is -0.0508. The predicted octanol–water partition coefficient (Wildman–Crippen LogP) is 2.46. The highest BCUT2D eigenvalue weighted by Gasteiger charge is 2.02. The zero-order valence-electron chi connectivity index (χ0n) is 9.45. The number of hydrogen-bond donors (Lipinski definition) is 0. The van der Waals surface area contributed by atoms with Gasteiger partial charge >= 0.3 is 0 Å². The molecule has 0 radical (unpaired) electrons. The molecule has 0 amide bonds. The topological polar surface area (TPSA) is 60.7 Å². The second-order valence-electron chi connectivity index (χ2n) is 3.38. The molecule has 0 aliphatic carbocycles. The molecule has 2 aromatic rings. The van der Waals surface area contributed by atoms with Crippen molar-refractivity contribution < 1.29 is 4.79 Å². The van der Waals surface area contributed by atoms with E-state index in [1.54, 1.807) is 29.3 Å². The number of rotatable bonds is 4. The first-order valence-corrected chi connectivity index (χ1v) is 6.69. The van der Waals surface area contributed by atoms with E-state index in [0.717, 1.165) is 4.47 Å². The average molecular weight is 325 g/mol. The van der Waals surface area contributed by atoms with Crippen molar-refractivity contribution >= 4 is 33.5 Å². The van der Waals surface area contributed by atoms with Gasteiger partial charge in [0.25, 0.3) is 0 Å². The van der Waals surface area contributed by atoms with E-state index in [-0.39, 0.29) is 5.78 Å². The van der Waals surface area contributed by atoms with Crippen molar-refractivity contribution in [3.63, 3.8) is 0 Å². The Morgan fingerprint density at radius 3 is 2.72 bits per heavy atom. The molecule has 0 saturated heterocycles. The van der Waals surface area contributed by atoms with E-state index in [4.69, 9.17) is 0 Å². The number of carbonyl (C=O) groups is 1. The molecule has 0 fully saturated rings. The van der Waals surface area contributed by atoms with E-state index in [9.17, 15) is 4.79 Å². The number of nitrogens with zero attached hydrogens (tertiary/aromatic N) is 4. The van der Waals surface area contributed by atoms with Crippen molar-refractivity contribution in [2.45, 2.75) is 5.16 Å². The zero-order chi connectivity index (χ0) is 13.0. The van der Waals surface area contributed by atoms with Crippen molar-refractivity contribution in [2.24, 2.45) is 7.05 Å². The fourth-order valence-electron chi connectivity index (χ4n) is 1.19. The van der Waals surface area contributed by atoms with Crippen molar-refractivity contribution in [1.82, 2.24) is 20.2 Å². The summed E-state index contributed by atoms with van der Waals surface area (Å²) in [4.78, 5) is 11.8. The van der Waals surface area contributed by atoms with Crippen LogP contribution in [0.3, 0.4) is 0 Å². The van der Waals surface area contributed by atoms with Gasteiger partial charge in [0.2, 0.25) is 5.16 Å². The first-order chi connectivity index (χ1) is 8.66. The van der Waals surface area contributed by atoms with Crippen molar-refractivity contribution in [1.29, 1.82) is 0 Å². The van der Waals surface area contributed by atoms with E-state index >= 15 is 0 Å². The third-order valence-corrected chi connectivity index (χ3v) is 3.46. The highest BCUT2D eigenvalue weighted by Crippen LogP contribution is 2.15. The molecule has 0 atom stereocenters. The zero-order valence-corrected chi connectivity index (χ0v) is 11.8. The van der Waals surface area contributed by atoms with E-state index in [0.29, 0.717) is 10.7 Å². The van der Waals surface area contributed by atoms with E-state index in [2.05, 4.69) is 31.5 Å². The van der Waals surface area contributed by atoms with Gasteiger partial charge in [0.05, 0.1) is 0 Å². The van der Waals surface area contributed by atoms with Crippen LogP contribution in [0.5, 0.6) is 0 Å². The van der Waals surface area contributed by atoms with Gasteiger partial charge in [-0.05, 0) is 46.2 Å². The molecule has 7 heteroatoms. The fourth-order valence-corrected chi connectivity index (χ4v) is 2.04. The highest BCUT2D eigenvalue weighted by atomic mass is 79.9. The van der Waals surface area contributed by atoms with Crippen LogP contribution in [-0.2, 0) is 7.05 Å². The largest absolute Gasteiger partial charge is 0.289 e. The van der Waals surface area contributed by atoms with Crippen molar-refractivity contribution in [3.05, 3.63) is 45.8 Å². The smallest absolute Gasteiger partial charge is 0.213 e. The van der Waals surface area contributed by atoms with Crippen LogP contribution in [0.15, 0.2) is 45.4 Å². The second kappa shape index (κ2) is 5.92. The van der Waals surface area contributed by atoms with Gasteiger partial charge in [-0.25, -0.2) is 4.68 Å². The number of halogens is 1. The standard InChI is InChI=1S/C11H9BrN4OS/c1-16-11(13-14-15-16)18-7-6-10(17)8-2-4-9(12)5-3-8/h2-7H,1H3. The molecule has 2 rings (SSSR count). The van der Waals surface area contributed by atoms with Crippen LogP contribution in [0.4, 0.5) is 0 Å². The molecule has 0 bridgehead atoms. The Hall–Kier alpha value is -1.47. The minimum absolute atomic E-state index is 0.0508. The first kappa shape index (κ1) is 13.0. The maximum atomic E-state index is 11.8. The Bertz CT molecular complexity index is 579. The molecule has 1 aromatic carbocycles. The minimum atomic E-state index is -0.0508. The molecule has 0 spiro atoms. The number of benzene rings is 1. The van der Waals surface area contributed by atoms with Crippen LogP contribution in [-0.4, -0.2) is 26.0 Å². The van der Waals surface area contributed by atoms with E-state index in [1.165, 1.54) is 17.8 Å². The van der Waals surface area contributed by atoms with Crippen LogP contribution in [0, 0.1) is 0 Å².